The molecule has 0 aromatic heterocycles. The first kappa shape index (κ1) is 21.4. The van der Waals surface area contributed by atoms with Gasteiger partial charge in [-0.05, 0) is 44.3 Å². The standard InChI is InChI=1S/C13H14O2.C4H11N.H2O/c1-4-5-10(2)13(14)11-6-8-12(15-3)9-7-11;1-3-5-4-2;/h4-9H,2H2,1,3H3;5H,3-4H2,1-2H3;1H2/b5-4-;;. The number of carbonyl (C=O) groups is 1. The molecule has 0 atom stereocenters. The number of benzene rings is 1. The Morgan fingerprint density at radius 1 is 1.24 bits per heavy atom. The molecule has 0 radical (unpaired) electrons. The number of carbonyl (C=O) groups excluding carboxylic acids is 1. The summed E-state index contributed by atoms with van der Waals surface area (Å²) < 4.78 is 5.01. The molecule has 0 saturated heterocycles. The number of ether oxygens (including phenoxy) is 1. The Bertz CT molecular complexity index is 434. The predicted octanol–water partition coefficient (Wildman–Crippen LogP) is 2.80. The Kier molecular flexibility index (Phi) is 13.3. The average molecular weight is 293 g/mol. The number of hydrogen-bond donors (Lipinski definition) is 1. The molecule has 1 rings (SSSR count). The van der Waals surface area contributed by atoms with Crippen LogP contribution < -0.4 is 10.1 Å². The molecule has 0 bridgehead atoms. The molecule has 1 aromatic rings. The average Bonchev–Trinajstić information content (AvgIpc) is 2.48. The fourth-order valence-electron chi connectivity index (χ4n) is 1.45. The fraction of sp³-hybridized carbons (Fsp3) is 0.353. The maximum Gasteiger partial charge on any atom is 0.192 e. The van der Waals surface area contributed by atoms with E-state index in [-0.39, 0.29) is 11.3 Å². The van der Waals surface area contributed by atoms with Crippen molar-refractivity contribution in [3.63, 3.8) is 0 Å². The second-order valence-electron chi connectivity index (χ2n) is 4.04. The van der Waals surface area contributed by atoms with Gasteiger partial charge in [0.05, 0.1) is 7.11 Å². The van der Waals surface area contributed by atoms with E-state index < -0.39 is 0 Å². The Balaban J connectivity index is 0. The zero-order valence-electron chi connectivity index (χ0n) is 13.4. The number of rotatable bonds is 6. The summed E-state index contributed by atoms with van der Waals surface area (Å²) in [7, 11) is 1.59. The van der Waals surface area contributed by atoms with Gasteiger partial charge in [0.1, 0.15) is 5.75 Å². The smallest absolute Gasteiger partial charge is 0.192 e. The van der Waals surface area contributed by atoms with Gasteiger partial charge in [-0.2, -0.15) is 0 Å². The van der Waals surface area contributed by atoms with E-state index in [9.17, 15) is 4.79 Å². The molecular weight excluding hydrogens is 266 g/mol. The highest BCUT2D eigenvalue weighted by atomic mass is 16.5. The summed E-state index contributed by atoms with van der Waals surface area (Å²) in [6.07, 6.45) is 3.50. The molecular formula is C17H27NO3. The molecule has 1 aromatic carbocycles. The first-order valence-corrected chi connectivity index (χ1v) is 6.81. The van der Waals surface area contributed by atoms with Gasteiger partial charge in [-0.15, -0.1) is 0 Å². The van der Waals surface area contributed by atoms with Crippen LogP contribution in [-0.4, -0.2) is 31.5 Å². The lowest BCUT2D eigenvalue weighted by molar-refractivity contribution is 0.103. The van der Waals surface area contributed by atoms with E-state index in [1.807, 2.05) is 6.92 Å². The maximum absolute atomic E-state index is 11.7. The molecule has 0 spiro atoms. The lowest BCUT2D eigenvalue weighted by Gasteiger charge is -2.02. The highest BCUT2D eigenvalue weighted by Gasteiger charge is 2.07. The van der Waals surface area contributed by atoms with E-state index in [1.165, 1.54) is 0 Å². The first-order valence-electron chi connectivity index (χ1n) is 6.81. The molecule has 0 amide bonds. The fourth-order valence-corrected chi connectivity index (χ4v) is 1.45. The number of nitrogens with one attached hydrogen (secondary N) is 1. The zero-order chi connectivity index (χ0) is 15.4. The summed E-state index contributed by atoms with van der Waals surface area (Å²) in [4.78, 5) is 11.7. The molecule has 0 aliphatic heterocycles. The van der Waals surface area contributed by atoms with Gasteiger partial charge in [-0.25, -0.2) is 0 Å². The normalized spacial score (nSPS) is 9.33. The third-order valence-corrected chi connectivity index (χ3v) is 2.51. The minimum Gasteiger partial charge on any atom is -0.497 e. The molecule has 0 heterocycles. The van der Waals surface area contributed by atoms with Crippen molar-refractivity contribution in [2.45, 2.75) is 20.8 Å². The van der Waals surface area contributed by atoms with Crippen molar-refractivity contribution in [3.05, 3.63) is 54.1 Å². The lowest BCUT2D eigenvalue weighted by atomic mass is 10.0. The molecule has 0 aliphatic carbocycles. The summed E-state index contributed by atoms with van der Waals surface area (Å²) in [5.41, 5.74) is 1.11. The van der Waals surface area contributed by atoms with E-state index in [2.05, 4.69) is 25.7 Å². The summed E-state index contributed by atoms with van der Waals surface area (Å²) in [5, 5.41) is 3.11. The molecule has 0 saturated carbocycles. The Labute approximate surface area is 127 Å². The number of methoxy groups -OCH3 is 1. The quantitative estimate of drug-likeness (QED) is 0.498. The monoisotopic (exact) mass is 293 g/mol. The molecule has 0 unspecified atom stereocenters. The van der Waals surface area contributed by atoms with Gasteiger partial charge in [0.15, 0.2) is 5.78 Å². The van der Waals surface area contributed by atoms with Crippen molar-refractivity contribution in [2.24, 2.45) is 0 Å². The molecule has 21 heavy (non-hydrogen) atoms. The van der Waals surface area contributed by atoms with E-state index in [0.717, 1.165) is 18.8 Å². The van der Waals surface area contributed by atoms with Crippen LogP contribution in [-0.2, 0) is 0 Å². The topological polar surface area (TPSA) is 69.8 Å². The van der Waals surface area contributed by atoms with E-state index in [0.29, 0.717) is 11.1 Å². The van der Waals surface area contributed by atoms with Gasteiger partial charge < -0.3 is 15.5 Å². The minimum atomic E-state index is -0.0595. The van der Waals surface area contributed by atoms with Crippen molar-refractivity contribution in [3.8, 4) is 5.75 Å². The van der Waals surface area contributed by atoms with Crippen LogP contribution >= 0.6 is 0 Å². The molecule has 0 aliphatic rings. The van der Waals surface area contributed by atoms with Crippen LogP contribution in [0.5, 0.6) is 5.75 Å². The SMILES string of the molecule is C=C(/C=C\C)C(=O)c1ccc(OC)cc1.CCNCC.O. The van der Waals surface area contributed by atoms with E-state index in [4.69, 9.17) is 4.74 Å². The zero-order valence-corrected chi connectivity index (χ0v) is 13.4. The number of hydrogen-bond acceptors (Lipinski definition) is 3. The van der Waals surface area contributed by atoms with Gasteiger partial charge >= 0.3 is 0 Å². The van der Waals surface area contributed by atoms with Crippen molar-refractivity contribution in [1.82, 2.24) is 5.32 Å². The summed E-state index contributed by atoms with van der Waals surface area (Å²) >= 11 is 0. The van der Waals surface area contributed by atoms with Crippen LogP contribution in [0.15, 0.2) is 48.6 Å². The highest BCUT2D eigenvalue weighted by molar-refractivity contribution is 6.10. The van der Waals surface area contributed by atoms with Crippen LogP contribution in [0.1, 0.15) is 31.1 Å². The summed E-state index contributed by atoms with van der Waals surface area (Å²) in [6.45, 7) is 11.9. The second-order valence-corrected chi connectivity index (χ2v) is 4.04. The van der Waals surface area contributed by atoms with Gasteiger partial charge in [-0.1, -0.05) is 32.6 Å². The molecule has 118 valence electrons. The Morgan fingerprint density at radius 3 is 2.10 bits per heavy atom. The van der Waals surface area contributed by atoms with E-state index >= 15 is 0 Å². The first-order chi connectivity index (χ1) is 9.60. The van der Waals surface area contributed by atoms with Crippen LogP contribution in [0.25, 0.3) is 0 Å². The van der Waals surface area contributed by atoms with Crippen molar-refractivity contribution < 1.29 is 15.0 Å². The third-order valence-electron chi connectivity index (χ3n) is 2.51. The molecule has 4 heteroatoms. The summed E-state index contributed by atoms with van der Waals surface area (Å²) in [5.74, 6) is 0.680. The molecule has 3 N–H and O–H groups in total. The van der Waals surface area contributed by atoms with Crippen LogP contribution in [0.4, 0.5) is 0 Å². The van der Waals surface area contributed by atoms with Gasteiger partial charge in [0, 0.05) is 11.1 Å². The largest absolute Gasteiger partial charge is 0.497 e. The third kappa shape index (κ3) is 8.78. The Morgan fingerprint density at radius 2 is 1.76 bits per heavy atom. The Hall–Kier alpha value is -1.91. The summed E-state index contributed by atoms with van der Waals surface area (Å²) in [6, 6.07) is 6.98. The number of allylic oxidation sites excluding steroid dienone is 3. The predicted molar refractivity (Wildman–Crippen MR) is 89.1 cm³/mol. The minimum absolute atomic E-state index is 0. The molecule has 4 nitrogen and oxygen atoms in total. The van der Waals surface area contributed by atoms with Crippen LogP contribution in [0, 0.1) is 0 Å². The van der Waals surface area contributed by atoms with Gasteiger partial charge in [-0.3, -0.25) is 4.79 Å². The lowest BCUT2D eigenvalue weighted by Crippen LogP contribution is -2.09. The number of Topliss-reactive ketones (excluding diaryl/α,β-unsaturated/α-hetero) is 1. The molecule has 0 fully saturated rings. The van der Waals surface area contributed by atoms with E-state index in [1.54, 1.807) is 43.5 Å². The van der Waals surface area contributed by atoms with Gasteiger partial charge in [0.2, 0.25) is 0 Å². The van der Waals surface area contributed by atoms with Crippen molar-refractivity contribution in [2.75, 3.05) is 20.2 Å². The van der Waals surface area contributed by atoms with Crippen molar-refractivity contribution >= 4 is 5.78 Å². The van der Waals surface area contributed by atoms with Crippen LogP contribution in [0.3, 0.4) is 0 Å². The second kappa shape index (κ2) is 13.1. The highest BCUT2D eigenvalue weighted by Crippen LogP contribution is 2.14. The van der Waals surface area contributed by atoms with Crippen molar-refractivity contribution in [1.29, 1.82) is 0 Å². The van der Waals surface area contributed by atoms with Crippen LogP contribution in [0.2, 0.25) is 0 Å². The number of ketones is 1. The van der Waals surface area contributed by atoms with Gasteiger partial charge in [0.25, 0.3) is 0 Å². The maximum atomic E-state index is 11.7.